The summed E-state index contributed by atoms with van der Waals surface area (Å²) in [5, 5.41) is 0. The van der Waals surface area contributed by atoms with Crippen LogP contribution in [0, 0.1) is 0 Å². The molecule has 1 saturated heterocycles. The van der Waals surface area contributed by atoms with Gasteiger partial charge < -0.3 is 9.47 Å². The van der Waals surface area contributed by atoms with E-state index in [1.807, 2.05) is 6.92 Å². The number of piperidine rings is 1. The van der Waals surface area contributed by atoms with Crippen LogP contribution in [-0.2, 0) is 14.8 Å². The molecule has 2 aromatic carbocycles. The molecule has 1 fully saturated rings. The Bertz CT molecular complexity index is 1050. The average molecular weight is 462 g/mol. The summed E-state index contributed by atoms with van der Waals surface area (Å²) in [6.45, 7) is 2.77. The summed E-state index contributed by atoms with van der Waals surface area (Å²) in [6.07, 6.45) is 2.56. The summed E-state index contributed by atoms with van der Waals surface area (Å²) in [5.74, 6) is -0.442. The Hall–Kier alpha value is -3.11. The SMILES string of the molecule is CCOc1ccccc1OCC(=O)NNC(=O)c1ccccc1S(=O)(=O)N1CCCCC1. The van der Waals surface area contributed by atoms with Crippen LogP contribution in [0.4, 0.5) is 0 Å². The Morgan fingerprint density at radius 3 is 2.22 bits per heavy atom. The molecule has 1 aliphatic heterocycles. The Kier molecular flexibility index (Phi) is 8.07. The van der Waals surface area contributed by atoms with Gasteiger partial charge in [-0.3, -0.25) is 20.4 Å². The van der Waals surface area contributed by atoms with E-state index in [0.29, 0.717) is 31.2 Å². The Morgan fingerprint density at radius 2 is 1.53 bits per heavy atom. The minimum absolute atomic E-state index is 0.0408. The maximum atomic E-state index is 13.0. The molecule has 2 aromatic rings. The first-order valence-electron chi connectivity index (χ1n) is 10.5. The minimum Gasteiger partial charge on any atom is -0.490 e. The van der Waals surface area contributed by atoms with Gasteiger partial charge in [0.25, 0.3) is 11.8 Å². The van der Waals surface area contributed by atoms with E-state index in [1.165, 1.54) is 16.4 Å². The van der Waals surface area contributed by atoms with E-state index in [-0.39, 0.29) is 17.1 Å². The Labute approximate surface area is 187 Å². The number of sulfonamides is 1. The van der Waals surface area contributed by atoms with Gasteiger partial charge in [-0.05, 0) is 44.0 Å². The van der Waals surface area contributed by atoms with Crippen LogP contribution in [0.5, 0.6) is 11.5 Å². The quantitative estimate of drug-likeness (QED) is 0.582. The second-order valence-electron chi connectivity index (χ2n) is 7.13. The Balaban J connectivity index is 1.61. The molecule has 0 aliphatic carbocycles. The fourth-order valence-electron chi connectivity index (χ4n) is 3.34. The van der Waals surface area contributed by atoms with Gasteiger partial charge >= 0.3 is 0 Å². The molecule has 0 spiro atoms. The maximum absolute atomic E-state index is 13.0. The van der Waals surface area contributed by atoms with Crippen molar-refractivity contribution in [3.8, 4) is 11.5 Å². The highest BCUT2D eigenvalue weighted by atomic mass is 32.2. The highest BCUT2D eigenvalue weighted by Gasteiger charge is 2.29. The predicted molar refractivity (Wildman–Crippen MR) is 118 cm³/mol. The maximum Gasteiger partial charge on any atom is 0.276 e. The smallest absolute Gasteiger partial charge is 0.276 e. The molecule has 1 heterocycles. The fourth-order valence-corrected chi connectivity index (χ4v) is 5.05. The lowest BCUT2D eigenvalue weighted by Crippen LogP contribution is -2.44. The molecule has 10 heteroatoms. The zero-order chi connectivity index (χ0) is 23.0. The van der Waals surface area contributed by atoms with Crippen molar-refractivity contribution in [3.63, 3.8) is 0 Å². The van der Waals surface area contributed by atoms with Gasteiger partial charge in [0.1, 0.15) is 0 Å². The highest BCUT2D eigenvalue weighted by molar-refractivity contribution is 7.89. The topological polar surface area (TPSA) is 114 Å². The molecule has 3 rings (SSSR count). The van der Waals surface area contributed by atoms with Gasteiger partial charge in [0.05, 0.1) is 17.1 Å². The molecule has 172 valence electrons. The van der Waals surface area contributed by atoms with Crippen molar-refractivity contribution in [2.24, 2.45) is 0 Å². The van der Waals surface area contributed by atoms with Crippen molar-refractivity contribution in [1.29, 1.82) is 0 Å². The van der Waals surface area contributed by atoms with E-state index < -0.39 is 21.8 Å². The number of nitrogens with one attached hydrogen (secondary N) is 2. The van der Waals surface area contributed by atoms with Crippen LogP contribution in [0.3, 0.4) is 0 Å². The number of ether oxygens (including phenoxy) is 2. The van der Waals surface area contributed by atoms with Crippen LogP contribution in [0.25, 0.3) is 0 Å². The second-order valence-corrected chi connectivity index (χ2v) is 9.04. The minimum atomic E-state index is -3.81. The van der Waals surface area contributed by atoms with Crippen molar-refractivity contribution >= 4 is 21.8 Å². The molecule has 0 aromatic heterocycles. The summed E-state index contributed by atoms with van der Waals surface area (Å²) in [5.41, 5.74) is 4.46. The molecule has 9 nitrogen and oxygen atoms in total. The Morgan fingerprint density at radius 1 is 0.906 bits per heavy atom. The van der Waals surface area contributed by atoms with E-state index in [4.69, 9.17) is 9.47 Å². The van der Waals surface area contributed by atoms with Crippen LogP contribution in [0.1, 0.15) is 36.5 Å². The highest BCUT2D eigenvalue weighted by Crippen LogP contribution is 2.26. The number of para-hydroxylation sites is 2. The van der Waals surface area contributed by atoms with Crippen molar-refractivity contribution in [1.82, 2.24) is 15.2 Å². The standard InChI is InChI=1S/C22H27N3O6S/c1-2-30-18-11-5-6-12-19(18)31-16-21(26)23-24-22(27)17-10-4-7-13-20(17)32(28,29)25-14-8-3-9-15-25/h4-7,10-13H,2-3,8-9,14-16H2,1H3,(H,23,26)(H,24,27). The average Bonchev–Trinajstić information content (AvgIpc) is 2.82. The summed E-state index contributed by atoms with van der Waals surface area (Å²) < 4.78 is 38.3. The normalized spacial score (nSPS) is 14.4. The molecule has 0 unspecified atom stereocenters. The first kappa shape index (κ1) is 23.6. The number of amides is 2. The lowest BCUT2D eigenvalue weighted by atomic mass is 10.2. The zero-order valence-electron chi connectivity index (χ0n) is 17.9. The third-order valence-electron chi connectivity index (χ3n) is 4.89. The largest absolute Gasteiger partial charge is 0.490 e. The van der Waals surface area contributed by atoms with Gasteiger partial charge in [-0.25, -0.2) is 8.42 Å². The number of hydrogen-bond acceptors (Lipinski definition) is 6. The first-order valence-corrected chi connectivity index (χ1v) is 11.9. The lowest BCUT2D eigenvalue weighted by molar-refractivity contribution is -0.123. The van der Waals surface area contributed by atoms with Gasteiger partial charge in [-0.15, -0.1) is 0 Å². The van der Waals surface area contributed by atoms with E-state index in [2.05, 4.69) is 10.9 Å². The number of hydrazine groups is 1. The van der Waals surface area contributed by atoms with Gasteiger partial charge in [-0.2, -0.15) is 4.31 Å². The van der Waals surface area contributed by atoms with Gasteiger partial charge in [0.15, 0.2) is 18.1 Å². The number of rotatable bonds is 8. The van der Waals surface area contributed by atoms with E-state index in [9.17, 15) is 18.0 Å². The number of nitrogens with zero attached hydrogens (tertiary/aromatic N) is 1. The molecule has 1 aliphatic rings. The van der Waals surface area contributed by atoms with Crippen LogP contribution in [0.15, 0.2) is 53.4 Å². The lowest BCUT2D eigenvalue weighted by Gasteiger charge is -2.26. The summed E-state index contributed by atoms with van der Waals surface area (Å²) in [6, 6.07) is 12.9. The molecule has 0 bridgehead atoms. The number of carbonyl (C=O) groups excluding carboxylic acids is 2. The number of benzene rings is 2. The van der Waals surface area contributed by atoms with Crippen LogP contribution in [-0.4, -0.2) is 50.8 Å². The van der Waals surface area contributed by atoms with Gasteiger partial charge in [-0.1, -0.05) is 30.7 Å². The number of carbonyl (C=O) groups is 2. The predicted octanol–water partition coefficient (Wildman–Crippen LogP) is 2.10. The van der Waals surface area contributed by atoms with Crippen molar-refractivity contribution in [2.75, 3.05) is 26.3 Å². The molecule has 0 radical (unpaired) electrons. The second kappa shape index (κ2) is 11.0. The van der Waals surface area contributed by atoms with E-state index in [1.54, 1.807) is 36.4 Å². The number of hydrogen-bond donors (Lipinski definition) is 2. The fraction of sp³-hybridized carbons (Fsp3) is 0.364. The molecule has 32 heavy (non-hydrogen) atoms. The summed E-state index contributed by atoms with van der Waals surface area (Å²) in [4.78, 5) is 24.7. The third kappa shape index (κ3) is 5.77. The summed E-state index contributed by atoms with van der Waals surface area (Å²) >= 11 is 0. The third-order valence-corrected chi connectivity index (χ3v) is 6.84. The molecular weight excluding hydrogens is 434 g/mol. The van der Waals surface area contributed by atoms with Gasteiger partial charge in [0, 0.05) is 13.1 Å². The monoisotopic (exact) mass is 461 g/mol. The zero-order valence-corrected chi connectivity index (χ0v) is 18.7. The molecule has 2 N–H and O–H groups in total. The van der Waals surface area contributed by atoms with Crippen molar-refractivity contribution < 1.29 is 27.5 Å². The first-order chi connectivity index (χ1) is 15.4. The van der Waals surface area contributed by atoms with E-state index >= 15 is 0 Å². The molecular formula is C22H27N3O6S. The molecule has 0 atom stereocenters. The molecule has 2 amide bonds. The van der Waals surface area contributed by atoms with E-state index in [0.717, 1.165) is 19.3 Å². The van der Waals surface area contributed by atoms with Crippen LogP contribution >= 0.6 is 0 Å². The van der Waals surface area contributed by atoms with Crippen molar-refractivity contribution in [2.45, 2.75) is 31.1 Å². The van der Waals surface area contributed by atoms with Crippen LogP contribution in [0.2, 0.25) is 0 Å². The van der Waals surface area contributed by atoms with Crippen LogP contribution < -0.4 is 20.3 Å². The van der Waals surface area contributed by atoms with Gasteiger partial charge in [0.2, 0.25) is 10.0 Å². The summed E-state index contributed by atoms with van der Waals surface area (Å²) in [7, 11) is -3.81. The van der Waals surface area contributed by atoms with Crippen molar-refractivity contribution in [3.05, 3.63) is 54.1 Å². The molecule has 0 saturated carbocycles.